The molecule has 5 heteroatoms. The summed E-state index contributed by atoms with van der Waals surface area (Å²) in [6.07, 6.45) is 3.32. The van der Waals surface area contributed by atoms with Gasteiger partial charge in [0.1, 0.15) is 0 Å². The molecule has 5 nitrogen and oxygen atoms in total. The van der Waals surface area contributed by atoms with Crippen LogP contribution in [0.25, 0.3) is 5.70 Å². The van der Waals surface area contributed by atoms with E-state index >= 15 is 0 Å². The Hall–Kier alpha value is -2.95. The number of carbonyl (C=O) groups excluding carboxylic acids is 1. The molecule has 0 saturated heterocycles. The van der Waals surface area contributed by atoms with E-state index in [9.17, 15) is 19.5 Å². The molecule has 23 heavy (non-hydrogen) atoms. The minimum atomic E-state index is -1.08. The topological polar surface area (TPSA) is 76.4 Å². The van der Waals surface area contributed by atoms with Crippen LogP contribution in [0.3, 0.4) is 0 Å². The van der Waals surface area contributed by atoms with Crippen molar-refractivity contribution in [2.24, 2.45) is 5.41 Å². The number of carboxylic acids is 1. The number of nitrogens with zero attached hydrogens (tertiary/aromatic N) is 1. The van der Waals surface area contributed by atoms with E-state index in [1.165, 1.54) is 28.8 Å². The van der Waals surface area contributed by atoms with Crippen LogP contribution in [0.2, 0.25) is 0 Å². The largest absolute Gasteiger partial charge is 0.478 e. The van der Waals surface area contributed by atoms with Crippen LogP contribution < -0.4 is 5.56 Å². The summed E-state index contributed by atoms with van der Waals surface area (Å²) in [6, 6.07) is 9.14. The van der Waals surface area contributed by atoms with Crippen molar-refractivity contribution in [1.29, 1.82) is 0 Å². The number of ketones is 1. The normalized spacial score (nSPS) is 15.7. The van der Waals surface area contributed by atoms with Gasteiger partial charge in [-0.25, -0.2) is 4.79 Å². The second-order valence-electron chi connectivity index (χ2n) is 6.05. The first-order valence-corrected chi connectivity index (χ1v) is 7.15. The fourth-order valence-electron chi connectivity index (χ4n) is 2.75. The van der Waals surface area contributed by atoms with Crippen LogP contribution in [0, 0.1) is 5.41 Å². The molecular weight excluding hydrogens is 294 g/mol. The van der Waals surface area contributed by atoms with Gasteiger partial charge in [0.2, 0.25) is 0 Å². The molecule has 0 saturated carbocycles. The van der Waals surface area contributed by atoms with Crippen LogP contribution in [0.15, 0.2) is 53.5 Å². The number of aromatic nitrogens is 1. The molecule has 1 N–H and O–H groups in total. The lowest BCUT2D eigenvalue weighted by molar-refractivity contribution is 0.0696. The van der Waals surface area contributed by atoms with Gasteiger partial charge in [0.25, 0.3) is 5.56 Å². The van der Waals surface area contributed by atoms with Crippen molar-refractivity contribution in [2.45, 2.75) is 13.8 Å². The summed E-state index contributed by atoms with van der Waals surface area (Å²) in [7, 11) is 0. The van der Waals surface area contributed by atoms with Crippen molar-refractivity contribution in [3.05, 3.63) is 75.7 Å². The lowest BCUT2D eigenvalue weighted by atomic mass is 9.76. The Morgan fingerprint density at radius 2 is 1.83 bits per heavy atom. The van der Waals surface area contributed by atoms with Gasteiger partial charge < -0.3 is 5.11 Å². The van der Waals surface area contributed by atoms with Crippen LogP contribution in [-0.4, -0.2) is 21.4 Å². The molecule has 116 valence electrons. The SMILES string of the molecule is CC1(C)C=C(n2ccccc2=O)c2cc(C(=O)O)ccc2C1=O. The molecule has 1 aromatic carbocycles. The maximum absolute atomic E-state index is 12.6. The van der Waals surface area contributed by atoms with Gasteiger partial charge in [-0.3, -0.25) is 14.2 Å². The number of pyridine rings is 1. The average molecular weight is 309 g/mol. The molecule has 0 unspecified atom stereocenters. The van der Waals surface area contributed by atoms with Crippen molar-refractivity contribution in [2.75, 3.05) is 0 Å². The minimum Gasteiger partial charge on any atom is -0.478 e. The highest BCUT2D eigenvalue weighted by atomic mass is 16.4. The fraction of sp³-hybridized carbons (Fsp3) is 0.167. The number of hydrogen-bond acceptors (Lipinski definition) is 3. The van der Waals surface area contributed by atoms with Gasteiger partial charge >= 0.3 is 5.97 Å². The van der Waals surface area contributed by atoms with E-state index in [4.69, 9.17) is 0 Å². The summed E-state index contributed by atoms with van der Waals surface area (Å²) >= 11 is 0. The minimum absolute atomic E-state index is 0.0751. The molecule has 1 aliphatic carbocycles. The lowest BCUT2D eigenvalue weighted by Gasteiger charge is -2.29. The zero-order valence-corrected chi connectivity index (χ0v) is 12.7. The van der Waals surface area contributed by atoms with Gasteiger partial charge in [-0.2, -0.15) is 0 Å². The average Bonchev–Trinajstić information content (AvgIpc) is 2.51. The van der Waals surface area contributed by atoms with E-state index in [1.807, 2.05) is 0 Å². The molecule has 0 amide bonds. The van der Waals surface area contributed by atoms with Gasteiger partial charge in [0.15, 0.2) is 5.78 Å². The van der Waals surface area contributed by atoms with Gasteiger partial charge in [-0.1, -0.05) is 6.07 Å². The molecule has 2 aromatic rings. The predicted octanol–water partition coefficient (Wildman–Crippen LogP) is 2.66. The van der Waals surface area contributed by atoms with Crippen molar-refractivity contribution in [3.8, 4) is 0 Å². The quantitative estimate of drug-likeness (QED) is 0.925. The number of Topliss-reactive ketones (excluding diaryl/α,β-unsaturated/α-hetero) is 1. The number of carbonyl (C=O) groups is 2. The highest BCUT2D eigenvalue weighted by Gasteiger charge is 2.35. The molecule has 0 atom stereocenters. The number of fused-ring (bicyclic) bond motifs is 1. The zero-order valence-electron chi connectivity index (χ0n) is 12.7. The predicted molar refractivity (Wildman–Crippen MR) is 85.6 cm³/mol. The van der Waals surface area contributed by atoms with Crippen LogP contribution in [0.1, 0.15) is 40.1 Å². The molecule has 3 rings (SSSR count). The highest BCUT2D eigenvalue weighted by molar-refractivity contribution is 6.09. The summed E-state index contributed by atoms with van der Waals surface area (Å²) in [5.41, 5.74) is 0.471. The first kappa shape index (κ1) is 15.0. The third-order valence-electron chi connectivity index (χ3n) is 3.95. The molecular formula is C18H15NO4. The fourth-order valence-corrected chi connectivity index (χ4v) is 2.75. The molecule has 0 fully saturated rings. The van der Waals surface area contributed by atoms with Crippen molar-refractivity contribution < 1.29 is 14.7 Å². The van der Waals surface area contributed by atoms with Crippen LogP contribution >= 0.6 is 0 Å². The van der Waals surface area contributed by atoms with Gasteiger partial charge in [-0.15, -0.1) is 0 Å². The van der Waals surface area contributed by atoms with Gasteiger partial charge in [0.05, 0.1) is 11.3 Å². The second-order valence-corrected chi connectivity index (χ2v) is 6.05. The van der Waals surface area contributed by atoms with E-state index in [0.29, 0.717) is 16.8 Å². The lowest BCUT2D eigenvalue weighted by Crippen LogP contribution is -2.31. The Kier molecular flexibility index (Phi) is 3.29. The van der Waals surface area contributed by atoms with Crippen molar-refractivity contribution in [3.63, 3.8) is 0 Å². The molecule has 1 aliphatic rings. The second kappa shape index (κ2) is 5.05. The zero-order chi connectivity index (χ0) is 16.8. The van der Waals surface area contributed by atoms with Crippen molar-refractivity contribution >= 4 is 17.4 Å². The van der Waals surface area contributed by atoms with E-state index in [2.05, 4.69) is 0 Å². The molecule has 0 spiro atoms. The Morgan fingerprint density at radius 3 is 2.48 bits per heavy atom. The van der Waals surface area contributed by atoms with E-state index in [0.717, 1.165) is 0 Å². The number of aromatic carboxylic acids is 1. The first-order chi connectivity index (χ1) is 10.8. The highest BCUT2D eigenvalue weighted by Crippen LogP contribution is 2.37. The van der Waals surface area contributed by atoms with Crippen LogP contribution in [0.4, 0.5) is 0 Å². The Morgan fingerprint density at radius 1 is 1.09 bits per heavy atom. The smallest absolute Gasteiger partial charge is 0.335 e. The standard InChI is InChI=1S/C18H15NO4/c1-18(2)10-14(19-8-4-3-5-15(19)20)13-9-11(17(22)23)6-7-12(13)16(18)21/h3-10H,1-2H3,(H,22,23). The summed E-state index contributed by atoms with van der Waals surface area (Å²) in [6.45, 7) is 3.55. The van der Waals surface area contributed by atoms with Gasteiger partial charge in [-0.05, 0) is 44.2 Å². The number of rotatable bonds is 2. The van der Waals surface area contributed by atoms with E-state index in [-0.39, 0.29) is 16.9 Å². The molecule has 1 heterocycles. The van der Waals surface area contributed by atoms with Gasteiger partial charge in [0, 0.05) is 28.8 Å². The number of benzene rings is 1. The number of allylic oxidation sites excluding steroid dienone is 1. The molecule has 0 radical (unpaired) electrons. The maximum Gasteiger partial charge on any atom is 0.335 e. The van der Waals surface area contributed by atoms with E-state index < -0.39 is 11.4 Å². The number of hydrogen-bond donors (Lipinski definition) is 1. The Balaban J connectivity index is 2.34. The molecule has 0 aliphatic heterocycles. The van der Waals surface area contributed by atoms with E-state index in [1.54, 1.807) is 38.3 Å². The maximum atomic E-state index is 12.6. The van der Waals surface area contributed by atoms with Crippen LogP contribution in [0.5, 0.6) is 0 Å². The summed E-state index contributed by atoms with van der Waals surface area (Å²) in [5, 5.41) is 9.19. The summed E-state index contributed by atoms with van der Waals surface area (Å²) < 4.78 is 1.43. The summed E-state index contributed by atoms with van der Waals surface area (Å²) in [4.78, 5) is 36.0. The van der Waals surface area contributed by atoms with Crippen LogP contribution in [-0.2, 0) is 0 Å². The Bertz CT molecular complexity index is 919. The monoisotopic (exact) mass is 309 g/mol. The molecule has 0 bridgehead atoms. The number of carboxylic acid groups (broad SMARTS) is 1. The molecule has 1 aromatic heterocycles. The first-order valence-electron chi connectivity index (χ1n) is 7.15. The third-order valence-corrected chi connectivity index (χ3v) is 3.95. The summed E-state index contributed by atoms with van der Waals surface area (Å²) in [5.74, 6) is -1.18. The third kappa shape index (κ3) is 2.40. The Labute approximate surface area is 132 Å². The van der Waals surface area contributed by atoms with Crippen molar-refractivity contribution in [1.82, 2.24) is 4.57 Å².